The summed E-state index contributed by atoms with van der Waals surface area (Å²) in [5.74, 6) is -0.912. The maximum absolute atomic E-state index is 11.9. The van der Waals surface area contributed by atoms with Gasteiger partial charge in [0.05, 0.1) is 6.42 Å². The molecule has 1 aliphatic carbocycles. The van der Waals surface area contributed by atoms with Crippen LogP contribution in [0.15, 0.2) is 0 Å². The first kappa shape index (κ1) is 17.5. The van der Waals surface area contributed by atoms with E-state index in [9.17, 15) is 14.4 Å². The zero-order valence-corrected chi connectivity index (χ0v) is 12.9. The highest BCUT2D eigenvalue weighted by molar-refractivity contribution is 5.94. The first-order valence-electron chi connectivity index (χ1n) is 7.66. The van der Waals surface area contributed by atoms with Crippen LogP contribution in [0.4, 0.5) is 4.79 Å². The fourth-order valence-corrected chi connectivity index (χ4v) is 2.83. The van der Waals surface area contributed by atoms with Crippen molar-refractivity contribution in [2.45, 2.75) is 58.8 Å². The molecule has 6 heteroatoms. The Bertz CT molecular complexity index is 389. The summed E-state index contributed by atoms with van der Waals surface area (Å²) in [5.41, 5.74) is -0.479. The van der Waals surface area contributed by atoms with Crippen molar-refractivity contribution in [3.05, 3.63) is 0 Å². The lowest BCUT2D eigenvalue weighted by atomic mass is 9.79. The van der Waals surface area contributed by atoms with Gasteiger partial charge in [-0.1, -0.05) is 33.1 Å². The standard InChI is InChI=1S/C15H26N2O4/c1-3-11(2)10-16-14(21)17-12(18)8-15(9-13(19)20)6-4-5-7-15/h11H,3-10H2,1-2H3,(H,19,20)(H2,16,17,18,21). The average molecular weight is 298 g/mol. The monoisotopic (exact) mass is 298 g/mol. The first-order valence-corrected chi connectivity index (χ1v) is 7.66. The minimum atomic E-state index is -0.883. The van der Waals surface area contributed by atoms with Crippen molar-refractivity contribution < 1.29 is 19.5 Å². The molecule has 0 spiro atoms. The number of aliphatic carboxylic acids is 1. The van der Waals surface area contributed by atoms with Crippen LogP contribution in [0.2, 0.25) is 0 Å². The Labute approximate surface area is 125 Å². The molecular formula is C15H26N2O4. The van der Waals surface area contributed by atoms with Crippen LogP contribution in [0.5, 0.6) is 0 Å². The third-order valence-electron chi connectivity index (χ3n) is 4.29. The zero-order valence-electron chi connectivity index (χ0n) is 12.9. The summed E-state index contributed by atoms with van der Waals surface area (Å²) in [6.07, 6.45) is 4.42. The van der Waals surface area contributed by atoms with E-state index in [0.29, 0.717) is 12.5 Å². The number of carboxylic acid groups (broad SMARTS) is 1. The van der Waals surface area contributed by atoms with E-state index in [4.69, 9.17) is 5.11 Å². The van der Waals surface area contributed by atoms with E-state index >= 15 is 0 Å². The number of carbonyl (C=O) groups is 3. The molecule has 0 aromatic heterocycles. The van der Waals surface area contributed by atoms with Gasteiger partial charge < -0.3 is 10.4 Å². The van der Waals surface area contributed by atoms with Crippen molar-refractivity contribution in [1.82, 2.24) is 10.6 Å². The van der Waals surface area contributed by atoms with Gasteiger partial charge in [0.25, 0.3) is 0 Å². The Hall–Kier alpha value is -1.59. The molecular weight excluding hydrogens is 272 g/mol. The van der Waals surface area contributed by atoms with Gasteiger partial charge in [-0.2, -0.15) is 0 Å². The van der Waals surface area contributed by atoms with Crippen molar-refractivity contribution in [3.63, 3.8) is 0 Å². The lowest BCUT2D eigenvalue weighted by Crippen LogP contribution is -2.42. The van der Waals surface area contributed by atoms with Crippen molar-refractivity contribution in [2.75, 3.05) is 6.54 Å². The fraction of sp³-hybridized carbons (Fsp3) is 0.800. The summed E-state index contributed by atoms with van der Waals surface area (Å²) in [6.45, 7) is 4.57. The summed E-state index contributed by atoms with van der Waals surface area (Å²) in [4.78, 5) is 34.5. The molecule has 120 valence electrons. The van der Waals surface area contributed by atoms with Gasteiger partial charge in [0.2, 0.25) is 5.91 Å². The van der Waals surface area contributed by atoms with Crippen molar-refractivity contribution in [1.29, 1.82) is 0 Å². The number of nitrogens with one attached hydrogen (secondary N) is 2. The maximum Gasteiger partial charge on any atom is 0.321 e. The largest absolute Gasteiger partial charge is 0.481 e. The second-order valence-electron chi connectivity index (χ2n) is 6.23. The Balaban J connectivity index is 2.43. The van der Waals surface area contributed by atoms with Crippen molar-refractivity contribution in [3.8, 4) is 0 Å². The van der Waals surface area contributed by atoms with Crippen LogP contribution >= 0.6 is 0 Å². The van der Waals surface area contributed by atoms with Crippen LogP contribution < -0.4 is 10.6 Å². The second-order valence-corrected chi connectivity index (χ2v) is 6.23. The average Bonchev–Trinajstić information content (AvgIpc) is 2.82. The third kappa shape index (κ3) is 6.14. The van der Waals surface area contributed by atoms with E-state index in [1.54, 1.807) is 0 Å². The molecule has 1 fully saturated rings. The molecule has 0 aliphatic heterocycles. The van der Waals surface area contributed by atoms with Crippen molar-refractivity contribution >= 4 is 17.9 Å². The van der Waals surface area contributed by atoms with E-state index in [1.165, 1.54) is 0 Å². The van der Waals surface area contributed by atoms with E-state index < -0.39 is 17.4 Å². The predicted octanol–water partition coefficient (Wildman–Crippen LogP) is 2.28. The number of hydrogen-bond donors (Lipinski definition) is 3. The first-order chi connectivity index (χ1) is 9.87. The topological polar surface area (TPSA) is 95.5 Å². The van der Waals surface area contributed by atoms with E-state index in [1.807, 2.05) is 13.8 Å². The summed E-state index contributed by atoms with van der Waals surface area (Å²) in [7, 11) is 0. The summed E-state index contributed by atoms with van der Waals surface area (Å²) in [6, 6.07) is -0.497. The van der Waals surface area contributed by atoms with Crippen LogP contribution in [0.25, 0.3) is 0 Å². The molecule has 1 unspecified atom stereocenters. The van der Waals surface area contributed by atoms with Gasteiger partial charge in [-0.3, -0.25) is 14.9 Å². The highest BCUT2D eigenvalue weighted by Crippen LogP contribution is 2.43. The Morgan fingerprint density at radius 3 is 2.33 bits per heavy atom. The molecule has 0 aromatic rings. The van der Waals surface area contributed by atoms with Crippen LogP contribution in [0, 0.1) is 11.3 Å². The normalized spacial score (nSPS) is 18.0. The molecule has 0 aromatic carbocycles. The lowest BCUT2D eigenvalue weighted by molar-refractivity contribution is -0.140. The number of rotatable bonds is 7. The van der Waals surface area contributed by atoms with Gasteiger partial charge in [-0.25, -0.2) is 4.79 Å². The maximum atomic E-state index is 11.9. The number of carboxylic acids is 1. The Morgan fingerprint density at radius 1 is 1.19 bits per heavy atom. The van der Waals surface area contributed by atoms with E-state index in [-0.39, 0.29) is 18.7 Å². The van der Waals surface area contributed by atoms with Crippen LogP contribution in [0.3, 0.4) is 0 Å². The van der Waals surface area contributed by atoms with Gasteiger partial charge in [0.1, 0.15) is 0 Å². The van der Waals surface area contributed by atoms with Gasteiger partial charge in [0.15, 0.2) is 0 Å². The van der Waals surface area contributed by atoms with Crippen LogP contribution in [-0.2, 0) is 9.59 Å². The summed E-state index contributed by atoms with van der Waals surface area (Å²) >= 11 is 0. The smallest absolute Gasteiger partial charge is 0.321 e. The SMILES string of the molecule is CCC(C)CNC(=O)NC(=O)CC1(CC(=O)O)CCCC1. The lowest BCUT2D eigenvalue weighted by Gasteiger charge is -2.26. The molecule has 1 rings (SSSR count). The summed E-state index contributed by atoms with van der Waals surface area (Å²) < 4.78 is 0. The molecule has 0 radical (unpaired) electrons. The number of amides is 3. The third-order valence-corrected chi connectivity index (χ3v) is 4.29. The molecule has 3 amide bonds. The molecule has 1 saturated carbocycles. The molecule has 21 heavy (non-hydrogen) atoms. The predicted molar refractivity (Wildman–Crippen MR) is 78.8 cm³/mol. The van der Waals surface area contributed by atoms with Crippen LogP contribution in [0.1, 0.15) is 58.8 Å². The molecule has 1 atom stereocenters. The summed E-state index contributed by atoms with van der Waals surface area (Å²) in [5, 5.41) is 14.0. The van der Waals surface area contributed by atoms with E-state index in [2.05, 4.69) is 10.6 Å². The highest BCUT2D eigenvalue weighted by Gasteiger charge is 2.38. The minimum Gasteiger partial charge on any atom is -0.481 e. The van der Waals surface area contributed by atoms with Gasteiger partial charge in [-0.05, 0) is 24.2 Å². The number of imide groups is 1. The number of hydrogen-bond acceptors (Lipinski definition) is 3. The zero-order chi connectivity index (χ0) is 15.9. The van der Waals surface area contributed by atoms with E-state index in [0.717, 1.165) is 32.1 Å². The number of carbonyl (C=O) groups excluding carboxylic acids is 2. The number of urea groups is 1. The second kappa shape index (κ2) is 8.00. The minimum absolute atomic E-state index is 0.00505. The highest BCUT2D eigenvalue weighted by atomic mass is 16.4. The molecule has 0 saturated heterocycles. The quantitative estimate of drug-likeness (QED) is 0.672. The Kier molecular flexibility index (Phi) is 6.65. The van der Waals surface area contributed by atoms with Gasteiger partial charge in [-0.15, -0.1) is 0 Å². The Morgan fingerprint density at radius 2 is 1.81 bits per heavy atom. The van der Waals surface area contributed by atoms with Gasteiger partial charge in [0, 0.05) is 13.0 Å². The fourth-order valence-electron chi connectivity index (χ4n) is 2.83. The van der Waals surface area contributed by atoms with Crippen LogP contribution in [-0.4, -0.2) is 29.6 Å². The molecule has 3 N–H and O–H groups in total. The van der Waals surface area contributed by atoms with Gasteiger partial charge >= 0.3 is 12.0 Å². The molecule has 6 nitrogen and oxygen atoms in total. The molecule has 1 aliphatic rings. The molecule has 0 bridgehead atoms. The molecule has 0 heterocycles. The van der Waals surface area contributed by atoms with Crippen molar-refractivity contribution in [2.24, 2.45) is 11.3 Å².